The van der Waals surface area contributed by atoms with E-state index in [1.807, 2.05) is 24.3 Å². The van der Waals surface area contributed by atoms with Crippen LogP contribution in [0.5, 0.6) is 5.75 Å². The molecule has 0 radical (unpaired) electrons. The van der Waals surface area contributed by atoms with Crippen LogP contribution in [-0.4, -0.2) is 23.2 Å². The number of benzene rings is 1. The van der Waals surface area contributed by atoms with E-state index in [4.69, 9.17) is 4.74 Å². The molecule has 1 amide bonds. The fraction of sp³-hybridized carbons (Fsp3) is 0.471. The summed E-state index contributed by atoms with van der Waals surface area (Å²) in [5, 5.41) is 13.1. The van der Waals surface area contributed by atoms with Crippen molar-refractivity contribution in [3.05, 3.63) is 42.5 Å². The highest BCUT2D eigenvalue weighted by Gasteiger charge is 2.33. The second-order valence-corrected chi connectivity index (χ2v) is 5.59. The van der Waals surface area contributed by atoms with Crippen LogP contribution in [0, 0.1) is 0 Å². The van der Waals surface area contributed by atoms with Gasteiger partial charge in [-0.1, -0.05) is 43.7 Å². The number of hydrogen-bond donors (Lipinski definition) is 2. The van der Waals surface area contributed by atoms with Gasteiger partial charge in [0, 0.05) is 12.1 Å². The smallest absolute Gasteiger partial charge is 0.223 e. The number of para-hydroxylation sites is 1. The van der Waals surface area contributed by atoms with Gasteiger partial charge in [-0.25, -0.2) is 0 Å². The molecule has 4 heteroatoms. The minimum absolute atomic E-state index is 0.113. The summed E-state index contributed by atoms with van der Waals surface area (Å²) in [5.41, 5.74) is 0.120. The summed E-state index contributed by atoms with van der Waals surface area (Å²) in [6.07, 6.45) is 5.32. The number of aliphatic hydroxyl groups is 1. The Kier molecular flexibility index (Phi) is 5.39. The molecule has 21 heavy (non-hydrogen) atoms. The molecule has 2 N–H and O–H groups in total. The van der Waals surface area contributed by atoms with E-state index in [1.165, 1.54) is 0 Å². The third-order valence-corrected chi connectivity index (χ3v) is 3.83. The number of amides is 1. The highest BCUT2D eigenvalue weighted by molar-refractivity contribution is 5.77. The second kappa shape index (κ2) is 7.27. The highest BCUT2D eigenvalue weighted by atomic mass is 16.5. The third-order valence-electron chi connectivity index (χ3n) is 3.83. The molecule has 114 valence electrons. The summed E-state index contributed by atoms with van der Waals surface area (Å²) >= 11 is 0. The molecule has 0 saturated heterocycles. The first-order chi connectivity index (χ1) is 10.1. The largest absolute Gasteiger partial charge is 0.489 e. The van der Waals surface area contributed by atoms with E-state index in [0.29, 0.717) is 13.2 Å². The minimum atomic E-state index is -0.803. The van der Waals surface area contributed by atoms with Gasteiger partial charge in [-0.3, -0.25) is 4.79 Å². The van der Waals surface area contributed by atoms with Gasteiger partial charge in [-0.15, -0.1) is 0 Å². The van der Waals surface area contributed by atoms with Crippen molar-refractivity contribution in [1.29, 1.82) is 0 Å². The lowest BCUT2D eigenvalue weighted by Gasteiger charge is -2.21. The fourth-order valence-corrected chi connectivity index (χ4v) is 2.70. The fourth-order valence-electron chi connectivity index (χ4n) is 2.70. The summed E-state index contributed by atoms with van der Waals surface area (Å²) in [6.45, 7) is 4.46. The average Bonchev–Trinajstić information content (AvgIpc) is 2.90. The van der Waals surface area contributed by atoms with Crippen LogP contribution in [0.3, 0.4) is 0 Å². The summed E-state index contributed by atoms with van der Waals surface area (Å²) in [5.74, 6) is 0.634. The quantitative estimate of drug-likeness (QED) is 0.758. The molecular weight excluding hydrogens is 266 g/mol. The Bertz CT molecular complexity index is 493. The van der Waals surface area contributed by atoms with Crippen molar-refractivity contribution in [3.8, 4) is 5.75 Å². The molecule has 1 aliphatic carbocycles. The lowest BCUT2D eigenvalue weighted by atomic mass is 9.97. The van der Waals surface area contributed by atoms with Crippen molar-refractivity contribution in [2.75, 3.05) is 6.61 Å². The Morgan fingerprint density at radius 2 is 2.10 bits per heavy atom. The van der Waals surface area contributed by atoms with Gasteiger partial charge in [-0.2, -0.15) is 0 Å². The van der Waals surface area contributed by atoms with Gasteiger partial charge >= 0.3 is 0 Å². The van der Waals surface area contributed by atoms with Crippen molar-refractivity contribution in [2.45, 2.75) is 44.2 Å². The van der Waals surface area contributed by atoms with Gasteiger partial charge in [0.2, 0.25) is 5.91 Å². The lowest BCUT2D eigenvalue weighted by Crippen LogP contribution is -2.34. The molecule has 0 atom stereocenters. The predicted molar refractivity (Wildman–Crippen MR) is 82.0 cm³/mol. The molecule has 1 fully saturated rings. The van der Waals surface area contributed by atoms with Gasteiger partial charge in [0.15, 0.2) is 0 Å². The first kappa shape index (κ1) is 15.6. The van der Waals surface area contributed by atoms with Crippen molar-refractivity contribution >= 4 is 5.91 Å². The van der Waals surface area contributed by atoms with Crippen LogP contribution in [0.25, 0.3) is 0 Å². The summed E-state index contributed by atoms with van der Waals surface area (Å²) in [7, 11) is 0. The molecule has 1 aromatic carbocycles. The number of carbonyl (C=O) groups excluding carboxylic acids is 1. The molecule has 1 aromatic rings. The lowest BCUT2D eigenvalue weighted by molar-refractivity contribution is -0.126. The Balaban J connectivity index is 1.87. The number of rotatable bonds is 7. The SMILES string of the molecule is C=CCOc1ccccc1CNC(=O)CC1(O)CCCC1. The topological polar surface area (TPSA) is 58.6 Å². The normalized spacial score (nSPS) is 16.4. The van der Waals surface area contributed by atoms with E-state index in [2.05, 4.69) is 11.9 Å². The number of nitrogens with one attached hydrogen (secondary N) is 1. The van der Waals surface area contributed by atoms with Crippen LogP contribution >= 0.6 is 0 Å². The molecule has 2 rings (SSSR count). The summed E-state index contributed by atoms with van der Waals surface area (Å²) < 4.78 is 5.55. The van der Waals surface area contributed by atoms with Crippen molar-refractivity contribution < 1.29 is 14.6 Å². The van der Waals surface area contributed by atoms with Crippen LogP contribution in [-0.2, 0) is 11.3 Å². The highest BCUT2D eigenvalue weighted by Crippen LogP contribution is 2.32. The first-order valence-corrected chi connectivity index (χ1v) is 7.44. The van der Waals surface area contributed by atoms with Gasteiger partial charge in [0.1, 0.15) is 12.4 Å². The zero-order valence-corrected chi connectivity index (χ0v) is 12.3. The maximum atomic E-state index is 12.0. The van der Waals surface area contributed by atoms with Crippen LogP contribution in [0.4, 0.5) is 0 Å². The molecule has 0 heterocycles. The van der Waals surface area contributed by atoms with Crippen LogP contribution < -0.4 is 10.1 Å². The zero-order chi connectivity index (χ0) is 15.1. The van der Waals surface area contributed by atoms with Crippen LogP contribution in [0.1, 0.15) is 37.7 Å². The molecule has 0 unspecified atom stereocenters. The molecule has 1 saturated carbocycles. The van der Waals surface area contributed by atoms with Gasteiger partial charge in [0.25, 0.3) is 0 Å². The Hall–Kier alpha value is -1.81. The molecule has 4 nitrogen and oxygen atoms in total. The zero-order valence-electron chi connectivity index (χ0n) is 12.3. The van der Waals surface area contributed by atoms with E-state index in [0.717, 1.165) is 37.0 Å². The maximum Gasteiger partial charge on any atom is 0.223 e. The Labute approximate surface area is 125 Å². The molecule has 0 aliphatic heterocycles. The van der Waals surface area contributed by atoms with E-state index in [1.54, 1.807) is 6.08 Å². The van der Waals surface area contributed by atoms with Crippen molar-refractivity contribution in [1.82, 2.24) is 5.32 Å². The van der Waals surface area contributed by atoms with Crippen LogP contribution in [0.15, 0.2) is 36.9 Å². The third kappa shape index (κ3) is 4.60. The van der Waals surface area contributed by atoms with Gasteiger partial charge in [-0.05, 0) is 18.9 Å². The van der Waals surface area contributed by atoms with Crippen LogP contribution in [0.2, 0.25) is 0 Å². The van der Waals surface area contributed by atoms with Crippen molar-refractivity contribution in [2.24, 2.45) is 0 Å². The molecule has 1 aliphatic rings. The maximum absolute atomic E-state index is 12.0. The predicted octanol–water partition coefficient (Wildman–Crippen LogP) is 2.56. The molecular formula is C17H23NO3. The Morgan fingerprint density at radius 3 is 2.81 bits per heavy atom. The second-order valence-electron chi connectivity index (χ2n) is 5.59. The number of carbonyl (C=O) groups is 1. The van der Waals surface area contributed by atoms with Crippen molar-refractivity contribution in [3.63, 3.8) is 0 Å². The summed E-state index contributed by atoms with van der Waals surface area (Å²) in [4.78, 5) is 12.0. The van der Waals surface area contributed by atoms with Gasteiger partial charge in [0.05, 0.1) is 12.0 Å². The standard InChI is InChI=1S/C17H23NO3/c1-2-11-21-15-8-4-3-7-14(15)13-18-16(19)12-17(20)9-5-6-10-17/h2-4,7-8,20H,1,5-6,9-13H2,(H,18,19). The number of ether oxygens (including phenoxy) is 1. The molecule has 0 aromatic heterocycles. The average molecular weight is 289 g/mol. The van der Waals surface area contributed by atoms with E-state index in [-0.39, 0.29) is 12.3 Å². The monoisotopic (exact) mass is 289 g/mol. The Morgan fingerprint density at radius 1 is 1.38 bits per heavy atom. The van der Waals surface area contributed by atoms with Gasteiger partial charge < -0.3 is 15.2 Å². The minimum Gasteiger partial charge on any atom is -0.489 e. The van der Waals surface area contributed by atoms with E-state index >= 15 is 0 Å². The van der Waals surface area contributed by atoms with E-state index < -0.39 is 5.60 Å². The molecule has 0 bridgehead atoms. The van der Waals surface area contributed by atoms with E-state index in [9.17, 15) is 9.90 Å². The summed E-state index contributed by atoms with van der Waals surface area (Å²) in [6, 6.07) is 7.59. The first-order valence-electron chi connectivity index (χ1n) is 7.44. The molecule has 0 spiro atoms. The number of hydrogen-bond acceptors (Lipinski definition) is 3.